The number of aliphatic carboxylic acids is 4. The Morgan fingerprint density at radius 1 is 0.727 bits per heavy atom. The highest BCUT2D eigenvalue weighted by atomic mass is 16.4. The van der Waals surface area contributed by atoms with Crippen molar-refractivity contribution < 1.29 is 59.1 Å². The summed E-state index contributed by atoms with van der Waals surface area (Å²) in [6.45, 7) is 1.05. The molecule has 0 spiro atoms. The van der Waals surface area contributed by atoms with E-state index in [1.54, 1.807) is 0 Å². The van der Waals surface area contributed by atoms with E-state index in [4.69, 9.17) is 26.2 Å². The van der Waals surface area contributed by atoms with Gasteiger partial charge < -0.3 is 47.2 Å². The Balaban J connectivity index is 5.52. The van der Waals surface area contributed by atoms with Crippen LogP contribution < -0.4 is 21.7 Å². The third-order valence-corrected chi connectivity index (χ3v) is 4.07. The van der Waals surface area contributed by atoms with Crippen molar-refractivity contribution in [2.75, 3.05) is 0 Å². The third-order valence-electron chi connectivity index (χ3n) is 4.07. The van der Waals surface area contributed by atoms with Crippen LogP contribution in [0.5, 0.6) is 0 Å². The molecule has 0 aliphatic carbocycles. The Morgan fingerprint density at radius 3 is 1.67 bits per heavy atom. The van der Waals surface area contributed by atoms with Gasteiger partial charge >= 0.3 is 23.9 Å². The monoisotopic (exact) mass is 478 g/mol. The molecule has 3 amide bonds. The van der Waals surface area contributed by atoms with E-state index in [-0.39, 0.29) is 0 Å². The summed E-state index contributed by atoms with van der Waals surface area (Å²) >= 11 is 0. The van der Waals surface area contributed by atoms with E-state index < -0.39 is 97.6 Å². The minimum absolute atomic E-state index is 0.502. The number of hydrogen-bond donors (Lipinski definition) is 9. The number of aliphatic hydroxyl groups excluding tert-OH is 1. The predicted molar refractivity (Wildman–Crippen MR) is 104 cm³/mol. The van der Waals surface area contributed by atoms with Gasteiger partial charge in [0.25, 0.3) is 0 Å². The van der Waals surface area contributed by atoms with Crippen molar-refractivity contribution in [2.24, 2.45) is 5.73 Å². The maximum atomic E-state index is 12.6. The molecule has 0 aliphatic rings. The number of amides is 3. The lowest BCUT2D eigenvalue weighted by molar-refractivity contribution is -0.148. The number of nitrogens with two attached hydrogens (primary N) is 1. The summed E-state index contributed by atoms with van der Waals surface area (Å²) in [6, 6.07) is -6.89. The molecule has 0 saturated carbocycles. The zero-order valence-electron chi connectivity index (χ0n) is 17.4. The molecule has 5 atom stereocenters. The van der Waals surface area contributed by atoms with Crippen molar-refractivity contribution >= 4 is 41.6 Å². The molecule has 186 valence electrons. The van der Waals surface area contributed by atoms with Gasteiger partial charge in [0.05, 0.1) is 25.0 Å². The van der Waals surface area contributed by atoms with E-state index in [0.29, 0.717) is 0 Å². The molecule has 0 saturated heterocycles. The maximum Gasteiger partial charge on any atom is 0.326 e. The highest BCUT2D eigenvalue weighted by Gasteiger charge is 2.33. The molecular formula is C17H26N4O12. The molecule has 0 rings (SSSR count). The topological polar surface area (TPSA) is 283 Å². The highest BCUT2D eigenvalue weighted by molar-refractivity contribution is 5.95. The minimum atomic E-state index is -1.88. The summed E-state index contributed by atoms with van der Waals surface area (Å²) in [6.07, 6.45) is -4.55. The number of rotatable bonds is 15. The lowest BCUT2D eigenvalue weighted by Crippen LogP contribution is -2.60. The number of carbonyl (C=O) groups excluding carboxylic acids is 3. The fraction of sp³-hybridized carbons (Fsp3) is 0.588. The molecule has 0 radical (unpaired) electrons. The van der Waals surface area contributed by atoms with Crippen LogP contribution in [-0.2, 0) is 33.6 Å². The number of nitrogens with one attached hydrogen (secondary N) is 3. The molecule has 0 aromatic carbocycles. The van der Waals surface area contributed by atoms with Crippen LogP contribution in [0.15, 0.2) is 0 Å². The fourth-order valence-electron chi connectivity index (χ4n) is 2.39. The molecule has 0 unspecified atom stereocenters. The van der Waals surface area contributed by atoms with Gasteiger partial charge in [0.1, 0.15) is 18.1 Å². The van der Waals surface area contributed by atoms with Crippen molar-refractivity contribution in [2.45, 2.75) is 62.9 Å². The molecule has 0 bridgehead atoms. The van der Waals surface area contributed by atoms with Gasteiger partial charge in [0.15, 0.2) is 0 Å². The van der Waals surface area contributed by atoms with E-state index in [2.05, 4.69) is 5.32 Å². The van der Waals surface area contributed by atoms with Gasteiger partial charge in [0.2, 0.25) is 17.7 Å². The van der Waals surface area contributed by atoms with Gasteiger partial charge in [-0.2, -0.15) is 0 Å². The van der Waals surface area contributed by atoms with Crippen molar-refractivity contribution in [1.29, 1.82) is 0 Å². The van der Waals surface area contributed by atoms with Crippen LogP contribution in [0.3, 0.4) is 0 Å². The molecule has 16 nitrogen and oxygen atoms in total. The van der Waals surface area contributed by atoms with Gasteiger partial charge in [-0.05, 0) is 13.3 Å². The van der Waals surface area contributed by atoms with E-state index in [1.165, 1.54) is 0 Å². The van der Waals surface area contributed by atoms with Crippen molar-refractivity contribution in [1.82, 2.24) is 16.0 Å². The van der Waals surface area contributed by atoms with Crippen molar-refractivity contribution in [3.8, 4) is 0 Å². The minimum Gasteiger partial charge on any atom is -0.481 e. The zero-order chi connectivity index (χ0) is 25.9. The Hall–Kier alpha value is -3.79. The van der Waals surface area contributed by atoms with Crippen LogP contribution in [-0.4, -0.2) is 97.4 Å². The first-order valence-corrected chi connectivity index (χ1v) is 9.38. The van der Waals surface area contributed by atoms with E-state index in [9.17, 15) is 38.7 Å². The van der Waals surface area contributed by atoms with Gasteiger partial charge in [0, 0.05) is 6.42 Å². The number of aliphatic hydroxyl groups is 1. The van der Waals surface area contributed by atoms with Gasteiger partial charge in [-0.3, -0.25) is 28.8 Å². The average Bonchev–Trinajstić information content (AvgIpc) is 2.66. The quantitative estimate of drug-likeness (QED) is 0.109. The van der Waals surface area contributed by atoms with Gasteiger partial charge in [-0.25, -0.2) is 4.79 Å². The smallest absolute Gasteiger partial charge is 0.326 e. The third kappa shape index (κ3) is 11.4. The highest BCUT2D eigenvalue weighted by Crippen LogP contribution is 2.04. The number of carboxylic acid groups (broad SMARTS) is 4. The van der Waals surface area contributed by atoms with Crippen LogP contribution in [0.25, 0.3) is 0 Å². The standard InChI is InChI=1S/C17H26N4O12/c1-6(22)13(16(31)20-9(17(32)33)5-12(27)28)21-15(30)8(2-3-10(23)24)19-14(29)7(18)4-11(25)26/h6-9,13,22H,2-5,18H2,1H3,(H,19,29)(H,20,31)(H,21,30)(H,23,24)(H,25,26)(H,27,28)(H,32,33)/t6-,7+,8+,9+,13+/m1/s1. The summed E-state index contributed by atoms with van der Waals surface area (Å²) in [5, 5.41) is 51.0. The fourth-order valence-corrected chi connectivity index (χ4v) is 2.39. The summed E-state index contributed by atoms with van der Waals surface area (Å²) < 4.78 is 0. The van der Waals surface area contributed by atoms with Crippen LogP contribution >= 0.6 is 0 Å². The largest absolute Gasteiger partial charge is 0.481 e. The van der Waals surface area contributed by atoms with Crippen molar-refractivity contribution in [3.05, 3.63) is 0 Å². The molecule has 0 aliphatic heterocycles. The number of carboxylic acids is 4. The van der Waals surface area contributed by atoms with Crippen LogP contribution in [0.4, 0.5) is 0 Å². The normalized spacial score (nSPS) is 15.1. The second-order valence-electron chi connectivity index (χ2n) is 6.92. The second kappa shape index (κ2) is 13.6. The van der Waals surface area contributed by atoms with E-state index >= 15 is 0 Å². The summed E-state index contributed by atoms with van der Waals surface area (Å²) in [4.78, 5) is 80.4. The second-order valence-corrected chi connectivity index (χ2v) is 6.92. The SMILES string of the molecule is C[C@@H](O)[C@H](NC(=O)[C@H](CCC(=O)O)NC(=O)[C@@H](N)CC(=O)O)C(=O)N[C@@H](CC(=O)O)C(=O)O. The van der Waals surface area contributed by atoms with Crippen LogP contribution in [0.1, 0.15) is 32.6 Å². The summed E-state index contributed by atoms with van der Waals surface area (Å²) in [7, 11) is 0. The Bertz CT molecular complexity index is 784. The summed E-state index contributed by atoms with van der Waals surface area (Å²) in [5.41, 5.74) is 5.39. The lowest BCUT2D eigenvalue weighted by Gasteiger charge is -2.26. The Kier molecular flexibility index (Phi) is 12.0. The summed E-state index contributed by atoms with van der Waals surface area (Å²) in [5.74, 6) is -9.54. The first-order chi connectivity index (χ1) is 15.1. The molecule has 0 heterocycles. The molecule has 0 fully saturated rings. The molecule has 10 N–H and O–H groups in total. The molecule has 33 heavy (non-hydrogen) atoms. The first-order valence-electron chi connectivity index (χ1n) is 9.38. The number of hydrogen-bond acceptors (Lipinski definition) is 9. The van der Waals surface area contributed by atoms with E-state index in [1.807, 2.05) is 10.6 Å². The average molecular weight is 478 g/mol. The Labute approximate surface area is 186 Å². The molecule has 0 aromatic rings. The maximum absolute atomic E-state index is 12.6. The zero-order valence-corrected chi connectivity index (χ0v) is 17.4. The molecule has 0 aromatic heterocycles. The predicted octanol–water partition coefficient (Wildman–Crippen LogP) is -3.95. The van der Waals surface area contributed by atoms with Crippen molar-refractivity contribution in [3.63, 3.8) is 0 Å². The first kappa shape index (κ1) is 29.2. The lowest BCUT2D eigenvalue weighted by atomic mass is 10.1. The Morgan fingerprint density at radius 2 is 1.24 bits per heavy atom. The van der Waals surface area contributed by atoms with Gasteiger partial charge in [-0.15, -0.1) is 0 Å². The van der Waals surface area contributed by atoms with Gasteiger partial charge in [-0.1, -0.05) is 0 Å². The van der Waals surface area contributed by atoms with Crippen LogP contribution in [0, 0.1) is 0 Å². The number of carbonyl (C=O) groups is 7. The molecule has 16 heteroatoms. The molecular weight excluding hydrogens is 452 g/mol. The van der Waals surface area contributed by atoms with E-state index in [0.717, 1.165) is 6.92 Å². The van der Waals surface area contributed by atoms with Crippen LogP contribution in [0.2, 0.25) is 0 Å².